The Morgan fingerprint density at radius 2 is 1.19 bits per heavy atom. The van der Waals surface area contributed by atoms with Crippen molar-refractivity contribution < 1.29 is 28.7 Å². The molecule has 0 atom stereocenters. The smallest absolute Gasteiger partial charge is 0.314 e. The number of hydrogen-bond donors (Lipinski definition) is 0. The van der Waals surface area contributed by atoms with Gasteiger partial charge in [0, 0.05) is 11.8 Å². The Balaban J connectivity index is 1.29. The average molecular weight is 619 g/mol. The Morgan fingerprint density at radius 3 is 1.77 bits per heavy atom. The van der Waals surface area contributed by atoms with E-state index in [9.17, 15) is 19.2 Å². The van der Waals surface area contributed by atoms with Crippen LogP contribution in [0, 0.1) is 30.6 Å². The van der Waals surface area contributed by atoms with Crippen molar-refractivity contribution in [2.24, 2.45) is 23.7 Å². The normalized spacial score (nSPS) is 22.4. The minimum Gasteiger partial charge on any atom is -0.425 e. The molecule has 2 heterocycles. The van der Waals surface area contributed by atoms with Crippen LogP contribution in [-0.4, -0.2) is 33.5 Å². The van der Waals surface area contributed by atoms with Gasteiger partial charge in [-0.3, -0.25) is 19.2 Å². The van der Waals surface area contributed by atoms with Crippen LogP contribution in [0.3, 0.4) is 0 Å². The minimum atomic E-state index is -0.333. The summed E-state index contributed by atoms with van der Waals surface area (Å²) in [7, 11) is 0. The Labute approximate surface area is 257 Å². The lowest BCUT2D eigenvalue weighted by Gasteiger charge is -2.25. The minimum absolute atomic E-state index is 0.0148. The molecule has 2 aliphatic rings. The van der Waals surface area contributed by atoms with Crippen molar-refractivity contribution in [3.63, 3.8) is 0 Å². The van der Waals surface area contributed by atoms with Crippen molar-refractivity contribution in [2.45, 2.75) is 72.1 Å². The molecule has 0 unspecified atom stereocenters. The van der Waals surface area contributed by atoms with Gasteiger partial charge in [0.25, 0.3) is 0 Å². The number of ketones is 2. The topological polar surface area (TPSA) is 113 Å². The fraction of sp³-hybridized carbons (Fsp3) is 0.455. The molecule has 4 aromatic rings. The van der Waals surface area contributed by atoms with Crippen molar-refractivity contribution >= 4 is 66.6 Å². The Bertz CT molecular complexity index is 1640. The van der Waals surface area contributed by atoms with E-state index in [1.807, 2.05) is 19.1 Å². The highest BCUT2D eigenvalue weighted by molar-refractivity contribution is 7.28. The van der Waals surface area contributed by atoms with Gasteiger partial charge in [0.2, 0.25) is 0 Å². The maximum absolute atomic E-state index is 13.2. The van der Waals surface area contributed by atoms with Crippen molar-refractivity contribution in [1.29, 1.82) is 0 Å². The monoisotopic (exact) mass is 618 g/mol. The highest BCUT2D eigenvalue weighted by Crippen LogP contribution is 2.43. The largest absolute Gasteiger partial charge is 0.425 e. The highest BCUT2D eigenvalue weighted by Gasteiger charge is 2.32. The van der Waals surface area contributed by atoms with Gasteiger partial charge in [-0.15, -0.1) is 22.7 Å². The molecule has 2 aromatic carbocycles. The molecule has 2 saturated carbocycles. The molecule has 2 aromatic heterocycles. The van der Waals surface area contributed by atoms with Crippen molar-refractivity contribution in [1.82, 2.24) is 9.97 Å². The first-order chi connectivity index (χ1) is 20.7. The quantitative estimate of drug-likeness (QED) is 0.155. The molecule has 0 bridgehead atoms. The molecule has 43 heavy (non-hydrogen) atoms. The van der Waals surface area contributed by atoms with E-state index >= 15 is 0 Å². The maximum Gasteiger partial charge on any atom is 0.314 e. The van der Waals surface area contributed by atoms with Gasteiger partial charge in [0.05, 0.1) is 22.1 Å². The first-order valence-corrected chi connectivity index (χ1v) is 16.5. The fourth-order valence-corrected chi connectivity index (χ4v) is 8.31. The van der Waals surface area contributed by atoms with Crippen LogP contribution in [0.5, 0.6) is 11.5 Å². The van der Waals surface area contributed by atoms with Crippen LogP contribution < -0.4 is 9.47 Å². The number of esters is 2. The third-order valence-electron chi connectivity index (χ3n) is 8.89. The van der Waals surface area contributed by atoms with Crippen molar-refractivity contribution in [3.05, 3.63) is 35.9 Å². The van der Waals surface area contributed by atoms with E-state index in [1.165, 1.54) is 22.7 Å². The molecule has 0 N–H and O–H groups in total. The van der Waals surface area contributed by atoms with Crippen LogP contribution in [0.4, 0.5) is 0 Å². The molecule has 2 fully saturated rings. The van der Waals surface area contributed by atoms with Crippen molar-refractivity contribution in [3.8, 4) is 21.5 Å². The Hall–Kier alpha value is -3.50. The summed E-state index contributed by atoms with van der Waals surface area (Å²) in [5, 5.41) is 1.39. The van der Waals surface area contributed by atoms with E-state index < -0.39 is 0 Å². The molecule has 0 spiro atoms. The average Bonchev–Trinajstić information content (AvgIpc) is 3.63. The summed E-state index contributed by atoms with van der Waals surface area (Å²) in [4.78, 5) is 59.6. The first-order valence-electron chi connectivity index (χ1n) is 14.9. The zero-order valence-corrected chi connectivity index (χ0v) is 26.1. The number of ether oxygens (including phenoxy) is 2. The number of thiazole rings is 2. The number of rotatable bonds is 7. The molecule has 2 aliphatic carbocycles. The van der Waals surface area contributed by atoms with E-state index in [2.05, 4.69) is 6.07 Å². The number of nitrogens with zero attached hydrogens (tertiary/aromatic N) is 2. The standard InChI is InChI=1S/C33H34N2O6S2/c1-17-4-13-24-27(16-17)42-30(34-24)31-35-28-25(40-32(38)22-9-5-20(6-10-22)18(2)36)14-15-26(29(28)43-31)41-33(39)23-11-7-21(8-12-23)19(3)37/h4,13-16,20-23H,5-12H2,1-3H3. The van der Waals surface area contributed by atoms with Crippen LogP contribution in [0.2, 0.25) is 0 Å². The third kappa shape index (κ3) is 6.26. The third-order valence-corrected chi connectivity index (χ3v) is 11.1. The number of benzene rings is 2. The van der Waals surface area contributed by atoms with Gasteiger partial charge < -0.3 is 9.47 Å². The molecule has 0 aliphatic heterocycles. The molecular formula is C33H34N2O6S2. The summed E-state index contributed by atoms with van der Waals surface area (Å²) in [6, 6.07) is 9.40. The van der Waals surface area contributed by atoms with E-state index in [4.69, 9.17) is 19.4 Å². The molecule has 6 rings (SSSR count). The lowest BCUT2D eigenvalue weighted by Crippen LogP contribution is -2.28. The summed E-state index contributed by atoms with van der Waals surface area (Å²) >= 11 is 2.89. The van der Waals surface area contributed by atoms with Gasteiger partial charge >= 0.3 is 11.9 Å². The number of carbonyl (C=O) groups is 4. The molecule has 0 radical (unpaired) electrons. The van der Waals surface area contributed by atoms with E-state index in [0.29, 0.717) is 78.1 Å². The molecule has 10 heteroatoms. The van der Waals surface area contributed by atoms with Crippen LogP contribution in [0.15, 0.2) is 30.3 Å². The lowest BCUT2D eigenvalue weighted by molar-refractivity contribution is -0.141. The predicted octanol–water partition coefficient (Wildman–Crippen LogP) is 7.48. The molecule has 8 nitrogen and oxygen atoms in total. The molecular weight excluding hydrogens is 585 g/mol. The predicted molar refractivity (Wildman–Crippen MR) is 166 cm³/mol. The van der Waals surface area contributed by atoms with Gasteiger partial charge in [0.15, 0.2) is 21.5 Å². The summed E-state index contributed by atoms with van der Waals surface area (Å²) < 4.78 is 13.5. The number of Topliss-reactive ketones (excluding diaryl/α,β-unsaturated/α-hetero) is 2. The van der Waals surface area contributed by atoms with Crippen molar-refractivity contribution in [2.75, 3.05) is 0 Å². The van der Waals surface area contributed by atoms with E-state index in [-0.39, 0.29) is 47.2 Å². The van der Waals surface area contributed by atoms with Crippen LogP contribution in [0.1, 0.15) is 70.8 Å². The highest BCUT2D eigenvalue weighted by atomic mass is 32.1. The van der Waals surface area contributed by atoms with Crippen LogP contribution in [0.25, 0.3) is 30.4 Å². The van der Waals surface area contributed by atoms with Crippen LogP contribution in [-0.2, 0) is 19.2 Å². The number of carbonyl (C=O) groups excluding carboxylic acids is 4. The van der Waals surface area contributed by atoms with E-state index in [1.54, 1.807) is 26.0 Å². The number of aromatic nitrogens is 2. The van der Waals surface area contributed by atoms with Gasteiger partial charge in [-0.25, -0.2) is 9.97 Å². The van der Waals surface area contributed by atoms with Gasteiger partial charge in [-0.2, -0.15) is 0 Å². The van der Waals surface area contributed by atoms with E-state index in [0.717, 1.165) is 20.8 Å². The Morgan fingerprint density at radius 1 is 0.674 bits per heavy atom. The lowest BCUT2D eigenvalue weighted by atomic mass is 9.80. The molecule has 224 valence electrons. The molecule has 0 amide bonds. The first kappa shape index (κ1) is 29.6. The summed E-state index contributed by atoms with van der Waals surface area (Å²) in [5.74, 6) is -0.137. The van der Waals surface area contributed by atoms with Crippen LogP contribution >= 0.6 is 22.7 Å². The second kappa shape index (κ2) is 12.2. The SMILES string of the molecule is CC(=O)C1CCC(C(=O)Oc2ccc(OC(=O)C3CCC(C(C)=O)CC3)c3sc(-c4nc5ccc(C)cc5s4)nc23)CC1. The second-order valence-electron chi connectivity index (χ2n) is 11.9. The zero-order chi connectivity index (χ0) is 30.2. The summed E-state index contributed by atoms with van der Waals surface area (Å²) in [6.07, 6.45) is 5.21. The van der Waals surface area contributed by atoms with Gasteiger partial charge in [0.1, 0.15) is 21.8 Å². The number of aryl methyl sites for hydroxylation is 1. The number of fused-ring (bicyclic) bond motifs is 2. The Kier molecular flexibility index (Phi) is 8.42. The maximum atomic E-state index is 13.2. The zero-order valence-electron chi connectivity index (χ0n) is 24.5. The summed E-state index contributed by atoms with van der Waals surface area (Å²) in [6.45, 7) is 5.26. The number of hydrogen-bond acceptors (Lipinski definition) is 10. The van der Waals surface area contributed by atoms with Gasteiger partial charge in [-0.05, 0) is 102 Å². The molecule has 0 saturated heterocycles. The fourth-order valence-electron chi connectivity index (χ4n) is 6.19. The summed E-state index contributed by atoms with van der Waals surface area (Å²) in [5.41, 5.74) is 2.47. The second-order valence-corrected chi connectivity index (χ2v) is 13.9. The van der Waals surface area contributed by atoms with Gasteiger partial charge in [-0.1, -0.05) is 6.07 Å².